The molecule has 0 aromatic heterocycles. The monoisotopic (exact) mass is 436 g/mol. The normalized spacial score (nSPS) is 20.3. The zero-order chi connectivity index (χ0) is 21.6. The number of likely N-dealkylation sites (N-methyl/N-ethyl adjacent to an activating group) is 1. The summed E-state index contributed by atoms with van der Waals surface area (Å²) in [6, 6.07) is 7.61. The Bertz CT molecular complexity index is 781. The number of aryl methyl sites for hydroxylation is 1. The molecule has 3 rings (SSSR count). The molecule has 8 heteroatoms. The molecule has 1 N–H and O–H groups in total. The van der Waals surface area contributed by atoms with Crippen LogP contribution in [0.5, 0.6) is 0 Å². The molecular weight excluding hydrogens is 400 g/mol. The number of piperazine rings is 1. The predicted octanol–water partition coefficient (Wildman–Crippen LogP) is 1.29. The van der Waals surface area contributed by atoms with E-state index in [1.54, 1.807) is 4.31 Å². The number of carbonyl (C=O) groups excluding carboxylic acids is 1. The van der Waals surface area contributed by atoms with Crippen molar-refractivity contribution in [3.05, 3.63) is 35.4 Å². The van der Waals surface area contributed by atoms with Crippen molar-refractivity contribution in [2.24, 2.45) is 5.92 Å². The van der Waals surface area contributed by atoms with Gasteiger partial charge in [-0.05, 0) is 45.3 Å². The van der Waals surface area contributed by atoms with Gasteiger partial charge in [0.1, 0.15) is 0 Å². The number of nitrogens with zero attached hydrogens (tertiary/aromatic N) is 3. The number of piperidine rings is 1. The SMILES string of the molecule is Cc1ccc(CS(=O)(=O)N2CCC(C(=O)NCCCN3CCN(C)CC3)CC2)cc1. The Morgan fingerprint density at radius 3 is 2.30 bits per heavy atom. The fraction of sp³-hybridized carbons (Fsp3) is 0.682. The summed E-state index contributed by atoms with van der Waals surface area (Å²) in [6.45, 7) is 8.96. The number of carbonyl (C=O) groups is 1. The van der Waals surface area contributed by atoms with E-state index in [1.165, 1.54) is 0 Å². The lowest BCUT2D eigenvalue weighted by Gasteiger charge is -2.32. The fourth-order valence-electron chi connectivity index (χ4n) is 4.11. The smallest absolute Gasteiger partial charge is 0.223 e. The number of nitrogens with one attached hydrogen (secondary N) is 1. The van der Waals surface area contributed by atoms with Crippen LogP contribution in [-0.4, -0.2) is 87.8 Å². The minimum Gasteiger partial charge on any atom is -0.356 e. The molecule has 2 fully saturated rings. The minimum absolute atomic E-state index is 0.0242. The van der Waals surface area contributed by atoms with Crippen LogP contribution in [0, 0.1) is 12.8 Å². The number of amides is 1. The zero-order valence-electron chi connectivity index (χ0n) is 18.3. The van der Waals surface area contributed by atoms with Crippen molar-refractivity contribution in [2.75, 3.05) is 59.4 Å². The first-order chi connectivity index (χ1) is 14.3. The van der Waals surface area contributed by atoms with Gasteiger partial charge >= 0.3 is 0 Å². The van der Waals surface area contributed by atoms with Crippen LogP contribution in [-0.2, 0) is 20.6 Å². The third-order valence-electron chi connectivity index (χ3n) is 6.23. The highest BCUT2D eigenvalue weighted by molar-refractivity contribution is 7.88. The number of benzene rings is 1. The van der Waals surface area contributed by atoms with Gasteiger partial charge in [-0.3, -0.25) is 4.79 Å². The van der Waals surface area contributed by atoms with Crippen molar-refractivity contribution >= 4 is 15.9 Å². The quantitative estimate of drug-likeness (QED) is 0.622. The standard InChI is InChI=1S/C22H36N4O3S/c1-19-4-6-20(7-5-19)18-30(28,29)26-12-8-21(9-13-26)22(27)23-10-3-11-25-16-14-24(2)15-17-25/h4-7,21H,3,8-18H2,1-2H3,(H,23,27). The van der Waals surface area contributed by atoms with E-state index in [4.69, 9.17) is 0 Å². The molecule has 2 heterocycles. The molecule has 168 valence electrons. The molecule has 2 aliphatic rings. The van der Waals surface area contributed by atoms with Gasteiger partial charge < -0.3 is 15.1 Å². The van der Waals surface area contributed by atoms with Crippen LogP contribution in [0.2, 0.25) is 0 Å². The van der Waals surface area contributed by atoms with Crippen LogP contribution in [0.25, 0.3) is 0 Å². The first-order valence-corrected chi connectivity index (χ1v) is 12.7. The van der Waals surface area contributed by atoms with Crippen LogP contribution in [0.1, 0.15) is 30.4 Å². The van der Waals surface area contributed by atoms with Crippen molar-refractivity contribution in [2.45, 2.75) is 31.9 Å². The van der Waals surface area contributed by atoms with Crippen LogP contribution in [0.15, 0.2) is 24.3 Å². The Labute approximate surface area is 181 Å². The van der Waals surface area contributed by atoms with Gasteiger partial charge in [-0.2, -0.15) is 0 Å². The summed E-state index contributed by atoms with van der Waals surface area (Å²) in [4.78, 5) is 17.3. The lowest BCUT2D eigenvalue weighted by molar-refractivity contribution is -0.126. The van der Waals surface area contributed by atoms with Crippen molar-refractivity contribution in [1.82, 2.24) is 19.4 Å². The minimum atomic E-state index is -3.34. The maximum absolute atomic E-state index is 12.7. The van der Waals surface area contributed by atoms with Gasteiger partial charge in [0.05, 0.1) is 5.75 Å². The Morgan fingerprint density at radius 1 is 1.03 bits per heavy atom. The van der Waals surface area contributed by atoms with Gasteiger partial charge in [-0.25, -0.2) is 12.7 Å². The average Bonchev–Trinajstić information content (AvgIpc) is 2.74. The Morgan fingerprint density at radius 2 is 1.67 bits per heavy atom. The summed E-state index contributed by atoms with van der Waals surface area (Å²) >= 11 is 0. The number of rotatable bonds is 8. The molecule has 30 heavy (non-hydrogen) atoms. The zero-order valence-corrected chi connectivity index (χ0v) is 19.2. The van der Waals surface area contributed by atoms with Crippen LogP contribution in [0.3, 0.4) is 0 Å². The largest absolute Gasteiger partial charge is 0.356 e. The fourth-order valence-corrected chi connectivity index (χ4v) is 5.68. The van der Waals surface area contributed by atoms with E-state index in [0.29, 0.717) is 32.5 Å². The van der Waals surface area contributed by atoms with Gasteiger partial charge in [-0.1, -0.05) is 29.8 Å². The molecule has 0 atom stereocenters. The second-order valence-corrected chi connectivity index (χ2v) is 10.7. The molecule has 7 nitrogen and oxygen atoms in total. The maximum Gasteiger partial charge on any atom is 0.223 e. The topological polar surface area (TPSA) is 73.0 Å². The van der Waals surface area contributed by atoms with Crippen molar-refractivity contribution in [1.29, 1.82) is 0 Å². The summed E-state index contributed by atoms with van der Waals surface area (Å²) in [5.41, 5.74) is 1.92. The lowest BCUT2D eigenvalue weighted by atomic mass is 9.97. The van der Waals surface area contributed by atoms with Crippen LogP contribution in [0.4, 0.5) is 0 Å². The second-order valence-electron chi connectivity index (χ2n) is 8.70. The molecule has 0 aliphatic carbocycles. The Balaban J connectivity index is 1.36. The van der Waals surface area contributed by atoms with E-state index < -0.39 is 10.0 Å². The van der Waals surface area contributed by atoms with E-state index in [2.05, 4.69) is 22.2 Å². The van der Waals surface area contributed by atoms with E-state index in [9.17, 15) is 13.2 Å². The van der Waals surface area contributed by atoms with E-state index >= 15 is 0 Å². The molecule has 0 bridgehead atoms. The third-order valence-corrected chi connectivity index (χ3v) is 8.08. The molecule has 0 radical (unpaired) electrons. The summed E-state index contributed by atoms with van der Waals surface area (Å²) < 4.78 is 27.0. The van der Waals surface area contributed by atoms with Crippen molar-refractivity contribution < 1.29 is 13.2 Å². The van der Waals surface area contributed by atoms with E-state index in [1.807, 2.05) is 31.2 Å². The highest BCUT2D eigenvalue weighted by Gasteiger charge is 2.31. The summed E-state index contributed by atoms with van der Waals surface area (Å²) in [5, 5.41) is 3.06. The number of hydrogen-bond acceptors (Lipinski definition) is 5. The van der Waals surface area contributed by atoms with Gasteiger partial charge in [0.15, 0.2) is 0 Å². The molecular formula is C22H36N4O3S. The molecule has 0 saturated carbocycles. The molecule has 2 aliphatic heterocycles. The van der Waals surface area contributed by atoms with Gasteiger partial charge in [-0.15, -0.1) is 0 Å². The van der Waals surface area contributed by atoms with Crippen LogP contribution < -0.4 is 5.32 Å². The molecule has 2 saturated heterocycles. The highest BCUT2D eigenvalue weighted by atomic mass is 32.2. The molecule has 1 aromatic rings. The molecule has 1 amide bonds. The summed E-state index contributed by atoms with van der Waals surface area (Å²) in [7, 11) is -1.19. The molecule has 1 aromatic carbocycles. The average molecular weight is 437 g/mol. The Hall–Kier alpha value is -1.48. The van der Waals surface area contributed by atoms with E-state index in [-0.39, 0.29) is 17.6 Å². The predicted molar refractivity (Wildman–Crippen MR) is 120 cm³/mol. The number of hydrogen-bond donors (Lipinski definition) is 1. The first kappa shape index (κ1) is 23.2. The van der Waals surface area contributed by atoms with E-state index in [0.717, 1.165) is 50.3 Å². The van der Waals surface area contributed by atoms with Gasteiger partial charge in [0.2, 0.25) is 15.9 Å². The molecule has 0 unspecified atom stereocenters. The second kappa shape index (κ2) is 10.7. The van der Waals surface area contributed by atoms with Crippen LogP contribution >= 0.6 is 0 Å². The highest BCUT2D eigenvalue weighted by Crippen LogP contribution is 2.22. The van der Waals surface area contributed by atoms with Gasteiger partial charge in [0.25, 0.3) is 0 Å². The first-order valence-electron chi connectivity index (χ1n) is 11.1. The lowest BCUT2D eigenvalue weighted by Crippen LogP contribution is -2.45. The third kappa shape index (κ3) is 6.77. The number of sulfonamides is 1. The Kier molecular flexibility index (Phi) is 8.27. The molecule has 0 spiro atoms. The van der Waals surface area contributed by atoms with Gasteiger partial charge in [0, 0.05) is 51.7 Å². The van der Waals surface area contributed by atoms with Crippen molar-refractivity contribution in [3.63, 3.8) is 0 Å². The van der Waals surface area contributed by atoms with Crippen molar-refractivity contribution in [3.8, 4) is 0 Å². The summed E-state index contributed by atoms with van der Waals surface area (Å²) in [5.74, 6) is 0.0135. The summed E-state index contributed by atoms with van der Waals surface area (Å²) in [6.07, 6.45) is 2.15. The maximum atomic E-state index is 12.7.